The van der Waals surface area contributed by atoms with E-state index in [0.717, 1.165) is 5.57 Å². The minimum Gasteiger partial charge on any atom is -0.391 e. The van der Waals surface area contributed by atoms with Gasteiger partial charge in [0.2, 0.25) is 0 Å². The summed E-state index contributed by atoms with van der Waals surface area (Å²) in [7, 11) is 0. The van der Waals surface area contributed by atoms with Gasteiger partial charge in [-0.3, -0.25) is 4.79 Å². The fraction of sp³-hybridized carbons (Fsp3) is 0.500. The average molecular weight is 170 g/mol. The van der Waals surface area contributed by atoms with Crippen LogP contribution in [0, 0.1) is 0 Å². The van der Waals surface area contributed by atoms with Gasteiger partial charge >= 0.3 is 11.9 Å². The highest BCUT2D eigenvalue weighted by molar-refractivity contribution is 5.96. The van der Waals surface area contributed by atoms with Gasteiger partial charge in [-0.05, 0) is 6.92 Å². The van der Waals surface area contributed by atoms with E-state index in [9.17, 15) is 9.59 Å². The van der Waals surface area contributed by atoms with Crippen molar-refractivity contribution in [2.75, 3.05) is 6.61 Å². The van der Waals surface area contributed by atoms with E-state index in [4.69, 9.17) is 4.74 Å². The van der Waals surface area contributed by atoms with Crippen LogP contribution >= 0.6 is 0 Å². The van der Waals surface area contributed by atoms with Crippen LogP contribution in [0.25, 0.3) is 0 Å². The molecule has 1 aliphatic heterocycles. The van der Waals surface area contributed by atoms with Gasteiger partial charge in [0.25, 0.3) is 0 Å². The van der Waals surface area contributed by atoms with Gasteiger partial charge in [0.15, 0.2) is 6.10 Å². The van der Waals surface area contributed by atoms with E-state index in [0.29, 0.717) is 0 Å². The van der Waals surface area contributed by atoms with E-state index in [1.807, 2.05) is 0 Å². The Labute approximate surface area is 70.1 Å². The van der Waals surface area contributed by atoms with Gasteiger partial charge in [0.05, 0.1) is 13.0 Å². The Morgan fingerprint density at radius 2 is 2.42 bits per heavy atom. The molecule has 0 N–H and O–H groups in total. The maximum absolute atomic E-state index is 10.8. The standard InChI is InChI=1S/C8H10O4/c1-5(2)4-11-6-3-7(9)12-8(6)10/h6H,1,3-4H2,2H3. The molecule has 0 saturated carbocycles. The van der Waals surface area contributed by atoms with Gasteiger partial charge in [0, 0.05) is 0 Å². The van der Waals surface area contributed by atoms with Crippen molar-refractivity contribution in [2.24, 2.45) is 0 Å². The molecule has 1 heterocycles. The number of rotatable bonds is 3. The summed E-state index contributed by atoms with van der Waals surface area (Å²) in [5.41, 5.74) is 0.808. The number of esters is 2. The lowest BCUT2D eigenvalue weighted by Gasteiger charge is -2.05. The van der Waals surface area contributed by atoms with Crippen LogP contribution in [-0.2, 0) is 19.1 Å². The van der Waals surface area contributed by atoms with Crippen LogP contribution in [0.5, 0.6) is 0 Å². The highest BCUT2D eigenvalue weighted by Crippen LogP contribution is 2.12. The minimum absolute atomic E-state index is 0.0200. The van der Waals surface area contributed by atoms with Crippen molar-refractivity contribution in [1.29, 1.82) is 0 Å². The highest BCUT2D eigenvalue weighted by atomic mass is 16.6. The Morgan fingerprint density at radius 1 is 1.75 bits per heavy atom. The van der Waals surface area contributed by atoms with Crippen molar-refractivity contribution in [1.82, 2.24) is 0 Å². The number of carbonyl (C=O) groups is 2. The molecule has 66 valence electrons. The van der Waals surface area contributed by atoms with E-state index < -0.39 is 18.0 Å². The summed E-state index contributed by atoms with van der Waals surface area (Å²) in [6.07, 6.45) is -0.708. The summed E-state index contributed by atoms with van der Waals surface area (Å²) in [5, 5.41) is 0. The van der Waals surface area contributed by atoms with Crippen LogP contribution in [0.4, 0.5) is 0 Å². The molecule has 0 aliphatic carbocycles. The van der Waals surface area contributed by atoms with Crippen molar-refractivity contribution in [3.8, 4) is 0 Å². The molecule has 1 atom stereocenters. The first kappa shape index (κ1) is 8.93. The Morgan fingerprint density at radius 3 is 2.83 bits per heavy atom. The summed E-state index contributed by atoms with van der Waals surface area (Å²) in [4.78, 5) is 21.4. The molecular weight excluding hydrogens is 160 g/mol. The molecule has 0 aromatic rings. The monoisotopic (exact) mass is 170 g/mol. The average Bonchev–Trinajstić information content (AvgIpc) is 2.26. The van der Waals surface area contributed by atoms with Gasteiger partial charge in [0.1, 0.15) is 0 Å². The molecule has 0 amide bonds. The molecular formula is C8H10O4. The van der Waals surface area contributed by atoms with Crippen molar-refractivity contribution in [3.63, 3.8) is 0 Å². The largest absolute Gasteiger partial charge is 0.391 e. The molecule has 0 bridgehead atoms. The smallest absolute Gasteiger partial charge is 0.343 e. The number of carbonyl (C=O) groups excluding carboxylic acids is 2. The third-order valence-electron chi connectivity index (χ3n) is 1.36. The molecule has 12 heavy (non-hydrogen) atoms. The van der Waals surface area contributed by atoms with Crippen LogP contribution in [0.15, 0.2) is 12.2 Å². The van der Waals surface area contributed by atoms with Crippen molar-refractivity contribution in [2.45, 2.75) is 19.4 Å². The topological polar surface area (TPSA) is 52.6 Å². The molecule has 1 saturated heterocycles. The second-order valence-corrected chi connectivity index (χ2v) is 2.75. The summed E-state index contributed by atoms with van der Waals surface area (Å²) in [5.74, 6) is -1.12. The molecule has 1 fully saturated rings. The van der Waals surface area contributed by atoms with Crippen molar-refractivity contribution >= 4 is 11.9 Å². The molecule has 0 radical (unpaired) electrons. The summed E-state index contributed by atoms with van der Waals surface area (Å²) in [6, 6.07) is 0. The van der Waals surface area contributed by atoms with Gasteiger partial charge in [-0.1, -0.05) is 12.2 Å². The fourth-order valence-electron chi connectivity index (χ4n) is 0.824. The van der Waals surface area contributed by atoms with Crippen molar-refractivity contribution in [3.05, 3.63) is 12.2 Å². The maximum atomic E-state index is 10.8. The lowest BCUT2D eigenvalue weighted by atomic mass is 10.3. The van der Waals surface area contributed by atoms with E-state index >= 15 is 0 Å². The van der Waals surface area contributed by atoms with Crippen LogP contribution in [0.3, 0.4) is 0 Å². The van der Waals surface area contributed by atoms with E-state index in [-0.39, 0.29) is 13.0 Å². The molecule has 1 unspecified atom stereocenters. The van der Waals surface area contributed by atoms with E-state index in [2.05, 4.69) is 11.3 Å². The first-order valence-electron chi connectivity index (χ1n) is 3.60. The first-order chi connectivity index (χ1) is 5.59. The maximum Gasteiger partial charge on any atom is 0.343 e. The predicted molar refractivity (Wildman–Crippen MR) is 40.3 cm³/mol. The Kier molecular flexibility index (Phi) is 2.60. The number of hydrogen-bond donors (Lipinski definition) is 0. The minimum atomic E-state index is -0.728. The molecule has 4 heteroatoms. The molecule has 0 aromatic heterocycles. The first-order valence-corrected chi connectivity index (χ1v) is 3.60. The fourth-order valence-corrected chi connectivity index (χ4v) is 0.824. The Hall–Kier alpha value is -1.16. The zero-order valence-corrected chi connectivity index (χ0v) is 6.83. The Bertz CT molecular complexity index is 231. The second kappa shape index (κ2) is 3.49. The lowest BCUT2D eigenvalue weighted by molar-refractivity contribution is -0.155. The molecule has 1 rings (SSSR count). The third kappa shape index (κ3) is 2.17. The lowest BCUT2D eigenvalue weighted by Crippen LogP contribution is -2.19. The highest BCUT2D eigenvalue weighted by Gasteiger charge is 2.33. The van der Waals surface area contributed by atoms with Gasteiger partial charge < -0.3 is 9.47 Å². The summed E-state index contributed by atoms with van der Waals surface area (Å²) in [6.45, 7) is 5.66. The van der Waals surface area contributed by atoms with Gasteiger partial charge in [-0.2, -0.15) is 0 Å². The van der Waals surface area contributed by atoms with Crippen LogP contribution in [-0.4, -0.2) is 24.6 Å². The summed E-state index contributed by atoms with van der Waals surface area (Å²) < 4.78 is 9.33. The molecule has 1 aliphatic rings. The summed E-state index contributed by atoms with van der Waals surface area (Å²) >= 11 is 0. The number of cyclic esters (lactones) is 2. The molecule has 4 nitrogen and oxygen atoms in total. The Balaban J connectivity index is 2.38. The quantitative estimate of drug-likeness (QED) is 0.350. The third-order valence-corrected chi connectivity index (χ3v) is 1.36. The van der Waals surface area contributed by atoms with Crippen LogP contribution in [0.2, 0.25) is 0 Å². The number of ether oxygens (including phenoxy) is 2. The van der Waals surface area contributed by atoms with Crippen LogP contribution < -0.4 is 0 Å². The number of hydrogen-bond acceptors (Lipinski definition) is 4. The van der Waals surface area contributed by atoms with E-state index in [1.54, 1.807) is 6.92 Å². The molecule has 0 aromatic carbocycles. The van der Waals surface area contributed by atoms with Gasteiger partial charge in [-0.25, -0.2) is 4.79 Å². The molecule has 0 spiro atoms. The van der Waals surface area contributed by atoms with E-state index in [1.165, 1.54) is 0 Å². The van der Waals surface area contributed by atoms with Gasteiger partial charge in [-0.15, -0.1) is 0 Å². The SMILES string of the molecule is C=C(C)COC1CC(=O)OC1=O. The predicted octanol–water partition coefficient (Wildman–Crippen LogP) is 0.421. The zero-order valence-electron chi connectivity index (χ0n) is 6.83. The second-order valence-electron chi connectivity index (χ2n) is 2.75. The zero-order chi connectivity index (χ0) is 9.14. The normalized spacial score (nSPS) is 22.6. The van der Waals surface area contributed by atoms with Crippen LogP contribution in [0.1, 0.15) is 13.3 Å². The van der Waals surface area contributed by atoms with Crippen molar-refractivity contribution < 1.29 is 19.1 Å².